The van der Waals surface area contributed by atoms with Crippen molar-refractivity contribution in [3.63, 3.8) is 0 Å². The Balaban J connectivity index is -0.000000350. The van der Waals surface area contributed by atoms with Crippen molar-refractivity contribution in [2.24, 2.45) is 16.5 Å². The summed E-state index contributed by atoms with van der Waals surface area (Å²) in [5.41, 5.74) is 12.0. The van der Waals surface area contributed by atoms with E-state index in [9.17, 15) is 31.1 Å². The van der Waals surface area contributed by atoms with Crippen LogP contribution in [0.4, 0.5) is 26.3 Å². The molecule has 27 heavy (non-hydrogen) atoms. The summed E-state index contributed by atoms with van der Waals surface area (Å²) in [4.78, 5) is 31.7. The SMILES string of the molecule is NC(=NCCC[C@H](N)C(=O)O)NO.O=C(O)C(F)(F)F.O=C(O)C(F)(F)F. The van der Waals surface area contributed by atoms with Crippen molar-refractivity contribution in [2.45, 2.75) is 31.2 Å². The maximum absolute atomic E-state index is 10.6. The molecule has 0 bridgehead atoms. The molecule has 0 aliphatic heterocycles. The normalized spacial score (nSPS) is 12.5. The van der Waals surface area contributed by atoms with Crippen LogP contribution in [-0.4, -0.2) is 69.3 Å². The molecule has 0 heterocycles. The first-order chi connectivity index (χ1) is 12.0. The van der Waals surface area contributed by atoms with Gasteiger partial charge in [-0.3, -0.25) is 15.0 Å². The fraction of sp³-hybridized carbons (Fsp3) is 0.600. The fourth-order valence-corrected chi connectivity index (χ4v) is 0.670. The van der Waals surface area contributed by atoms with Gasteiger partial charge in [-0.05, 0) is 12.8 Å². The minimum absolute atomic E-state index is 0.0936. The second-order valence-corrected chi connectivity index (χ2v) is 4.07. The smallest absolute Gasteiger partial charge is 0.480 e. The van der Waals surface area contributed by atoms with E-state index in [0.29, 0.717) is 19.4 Å². The Hall–Kier alpha value is -2.82. The van der Waals surface area contributed by atoms with Crippen LogP contribution in [0.1, 0.15) is 12.8 Å². The molecule has 0 aliphatic carbocycles. The van der Waals surface area contributed by atoms with E-state index in [0.717, 1.165) is 0 Å². The largest absolute Gasteiger partial charge is 0.490 e. The van der Waals surface area contributed by atoms with E-state index in [1.165, 1.54) is 0 Å². The molecular formula is C10H16F6N4O7. The van der Waals surface area contributed by atoms with Crippen LogP contribution >= 0.6 is 0 Å². The summed E-state index contributed by atoms with van der Waals surface area (Å²) in [5.74, 6) is -6.64. The van der Waals surface area contributed by atoms with Gasteiger partial charge in [0.1, 0.15) is 6.04 Å². The summed E-state index contributed by atoms with van der Waals surface area (Å²) < 4.78 is 63.5. The Kier molecular flexibility index (Phi) is 14.4. The molecule has 0 aromatic heterocycles. The highest BCUT2D eigenvalue weighted by Crippen LogP contribution is 2.13. The van der Waals surface area contributed by atoms with Crippen LogP contribution in [0.3, 0.4) is 0 Å². The van der Waals surface area contributed by atoms with Crippen molar-refractivity contribution in [2.75, 3.05) is 6.54 Å². The number of hydrogen-bond acceptors (Lipinski definition) is 6. The first-order valence-electron chi connectivity index (χ1n) is 6.25. The van der Waals surface area contributed by atoms with Crippen molar-refractivity contribution in [3.05, 3.63) is 0 Å². The highest BCUT2D eigenvalue weighted by atomic mass is 19.4. The number of aliphatic carboxylic acids is 3. The summed E-state index contributed by atoms with van der Waals surface area (Å²) in [7, 11) is 0. The van der Waals surface area contributed by atoms with Gasteiger partial charge in [0.25, 0.3) is 0 Å². The fourth-order valence-electron chi connectivity index (χ4n) is 0.670. The van der Waals surface area contributed by atoms with Crippen LogP contribution < -0.4 is 16.9 Å². The number of guanidine groups is 1. The summed E-state index contributed by atoms with van der Waals surface area (Å²) in [6, 6.07) is -0.862. The number of alkyl halides is 6. The van der Waals surface area contributed by atoms with Crippen LogP contribution in [0.5, 0.6) is 0 Å². The van der Waals surface area contributed by atoms with Gasteiger partial charge in [0.15, 0.2) is 0 Å². The molecule has 0 aromatic carbocycles. The van der Waals surface area contributed by atoms with Gasteiger partial charge in [-0.15, -0.1) is 0 Å². The van der Waals surface area contributed by atoms with Crippen molar-refractivity contribution < 1.29 is 61.3 Å². The van der Waals surface area contributed by atoms with E-state index in [1.807, 2.05) is 0 Å². The summed E-state index contributed by atoms with van der Waals surface area (Å²) >= 11 is 0. The van der Waals surface area contributed by atoms with E-state index in [1.54, 1.807) is 5.48 Å². The number of hydrogen-bond donors (Lipinski definition) is 7. The van der Waals surface area contributed by atoms with Gasteiger partial charge >= 0.3 is 30.3 Å². The molecule has 17 heteroatoms. The summed E-state index contributed by atoms with van der Waals surface area (Å²) in [6.07, 6.45) is -9.33. The number of nitrogens with zero attached hydrogens (tertiary/aromatic N) is 1. The van der Waals surface area contributed by atoms with Gasteiger partial charge in [0, 0.05) is 6.54 Å². The van der Waals surface area contributed by atoms with Gasteiger partial charge in [0.2, 0.25) is 5.96 Å². The summed E-state index contributed by atoms with van der Waals surface area (Å²) in [6.45, 7) is 0.334. The lowest BCUT2D eigenvalue weighted by Crippen LogP contribution is -2.30. The number of carboxylic acid groups (broad SMARTS) is 3. The third kappa shape index (κ3) is 21.1. The molecule has 0 amide bonds. The lowest BCUT2D eigenvalue weighted by Gasteiger charge is -2.03. The molecular weight excluding hydrogens is 402 g/mol. The number of nitrogens with one attached hydrogen (secondary N) is 1. The van der Waals surface area contributed by atoms with Crippen molar-refractivity contribution in [3.8, 4) is 0 Å². The van der Waals surface area contributed by atoms with Crippen LogP contribution in [-0.2, 0) is 14.4 Å². The first-order valence-corrected chi connectivity index (χ1v) is 6.25. The zero-order valence-electron chi connectivity index (χ0n) is 13.1. The quantitative estimate of drug-likeness (QED) is 0.102. The Morgan fingerprint density at radius 3 is 1.52 bits per heavy atom. The predicted molar refractivity (Wildman–Crippen MR) is 73.6 cm³/mol. The van der Waals surface area contributed by atoms with Gasteiger partial charge in [-0.1, -0.05) is 0 Å². The molecule has 0 fully saturated rings. The van der Waals surface area contributed by atoms with Gasteiger partial charge < -0.3 is 26.8 Å². The standard InChI is InChI=1S/C6H14N4O3.2C2HF3O2/c7-4(5(11)12)2-1-3-9-6(8)10-13;2*3-2(4,5)1(6)7/h4,13H,1-3,7H2,(H,11,12)(H3,8,9,10);2*(H,6,7)/t4-;;/m0../s1. The maximum atomic E-state index is 10.6. The number of nitrogens with two attached hydrogens (primary N) is 2. The van der Waals surface area contributed by atoms with Crippen molar-refractivity contribution in [1.82, 2.24) is 5.48 Å². The van der Waals surface area contributed by atoms with Crippen LogP contribution in [0.25, 0.3) is 0 Å². The number of rotatable bonds is 5. The average Bonchev–Trinajstić information content (AvgIpc) is 2.50. The molecule has 9 N–H and O–H groups in total. The lowest BCUT2D eigenvalue weighted by molar-refractivity contribution is -0.193. The molecule has 1 atom stereocenters. The van der Waals surface area contributed by atoms with Gasteiger partial charge in [-0.25, -0.2) is 15.1 Å². The van der Waals surface area contributed by atoms with E-state index in [-0.39, 0.29) is 5.96 Å². The van der Waals surface area contributed by atoms with Crippen LogP contribution in [0.15, 0.2) is 4.99 Å². The number of hydroxylamine groups is 1. The number of carbonyl (C=O) groups is 3. The molecule has 0 aromatic rings. The Morgan fingerprint density at radius 2 is 1.30 bits per heavy atom. The number of aliphatic imine (C=N–C) groups is 1. The molecule has 0 rings (SSSR count). The second kappa shape index (κ2) is 13.4. The van der Waals surface area contributed by atoms with Crippen molar-refractivity contribution in [1.29, 1.82) is 0 Å². The average molecular weight is 418 g/mol. The van der Waals surface area contributed by atoms with Crippen molar-refractivity contribution >= 4 is 23.9 Å². The first kappa shape index (κ1) is 29.0. The molecule has 0 saturated heterocycles. The molecule has 0 saturated carbocycles. The Bertz CT molecular complexity index is 485. The molecule has 160 valence electrons. The van der Waals surface area contributed by atoms with Crippen LogP contribution in [0, 0.1) is 0 Å². The second-order valence-electron chi connectivity index (χ2n) is 4.07. The Morgan fingerprint density at radius 1 is 0.963 bits per heavy atom. The zero-order chi connectivity index (χ0) is 22.4. The maximum Gasteiger partial charge on any atom is 0.490 e. The van der Waals surface area contributed by atoms with Gasteiger partial charge in [-0.2, -0.15) is 26.3 Å². The highest BCUT2D eigenvalue weighted by Gasteiger charge is 2.38. The zero-order valence-corrected chi connectivity index (χ0v) is 13.1. The number of carboxylic acids is 3. The predicted octanol–water partition coefficient (Wildman–Crippen LogP) is -0.261. The third-order valence-corrected chi connectivity index (χ3v) is 1.87. The molecule has 0 aliphatic rings. The van der Waals surface area contributed by atoms with E-state index < -0.39 is 36.3 Å². The van der Waals surface area contributed by atoms with E-state index in [2.05, 4.69) is 4.99 Å². The topological polar surface area (TPSA) is 209 Å². The highest BCUT2D eigenvalue weighted by molar-refractivity contribution is 5.76. The monoisotopic (exact) mass is 418 g/mol. The van der Waals surface area contributed by atoms with E-state index in [4.69, 9.17) is 41.6 Å². The molecule has 0 spiro atoms. The number of halogens is 6. The third-order valence-electron chi connectivity index (χ3n) is 1.87. The minimum atomic E-state index is -5.08. The van der Waals surface area contributed by atoms with E-state index >= 15 is 0 Å². The molecule has 0 radical (unpaired) electrons. The molecule has 0 unspecified atom stereocenters. The summed E-state index contributed by atoms with van der Waals surface area (Å²) in [5, 5.41) is 30.9. The molecule has 11 nitrogen and oxygen atoms in total. The van der Waals surface area contributed by atoms with Gasteiger partial charge in [0.05, 0.1) is 0 Å². The Labute approximate surface area is 146 Å². The minimum Gasteiger partial charge on any atom is -0.480 e. The van der Waals surface area contributed by atoms with Crippen LogP contribution in [0.2, 0.25) is 0 Å². The lowest BCUT2D eigenvalue weighted by atomic mass is 10.2.